The maximum absolute atomic E-state index is 12.5. The predicted octanol–water partition coefficient (Wildman–Crippen LogP) is 0.657. The molecule has 118 valence electrons. The number of fused-ring (bicyclic) bond motifs is 1. The molecule has 3 rings (SSSR count). The molecule has 0 aromatic carbocycles. The number of carboxylic acid groups (broad SMARTS) is 1. The number of amides is 1. The van der Waals surface area contributed by atoms with Crippen LogP contribution in [0.3, 0.4) is 0 Å². The van der Waals surface area contributed by atoms with Crippen molar-refractivity contribution in [3.63, 3.8) is 0 Å². The van der Waals surface area contributed by atoms with Crippen LogP contribution in [0.15, 0.2) is 0 Å². The number of ether oxygens (including phenoxy) is 1. The van der Waals surface area contributed by atoms with E-state index in [4.69, 9.17) is 4.74 Å². The molecule has 0 aromatic heterocycles. The highest BCUT2D eigenvalue weighted by molar-refractivity contribution is 5.90. The zero-order valence-electron chi connectivity index (χ0n) is 12.3. The molecule has 0 bridgehead atoms. The minimum absolute atomic E-state index is 0.159. The number of hydrogen-bond donors (Lipinski definition) is 3. The standard InChI is InChI=1S/C15H24N2O4/c18-13(12-9-10-3-1-2-4-11(10)16-12)17-15(14(19)20)5-7-21-8-6-15/h10-12,16H,1-9H2,(H,17,18)(H,19,20). The second-order valence-electron chi connectivity index (χ2n) is 6.59. The number of nitrogens with one attached hydrogen (secondary N) is 2. The van der Waals surface area contributed by atoms with Crippen LogP contribution < -0.4 is 10.6 Å². The molecular formula is C15H24N2O4. The van der Waals surface area contributed by atoms with Gasteiger partial charge in [0, 0.05) is 32.1 Å². The summed E-state index contributed by atoms with van der Waals surface area (Å²) in [5, 5.41) is 15.7. The summed E-state index contributed by atoms with van der Waals surface area (Å²) >= 11 is 0. The van der Waals surface area contributed by atoms with Gasteiger partial charge < -0.3 is 20.5 Å². The molecule has 3 atom stereocenters. The fourth-order valence-corrected chi connectivity index (χ4v) is 3.96. The van der Waals surface area contributed by atoms with E-state index in [9.17, 15) is 14.7 Å². The third kappa shape index (κ3) is 2.92. The molecular weight excluding hydrogens is 272 g/mol. The summed E-state index contributed by atoms with van der Waals surface area (Å²) in [6.07, 6.45) is 6.29. The predicted molar refractivity (Wildman–Crippen MR) is 75.8 cm³/mol. The highest BCUT2D eigenvalue weighted by Gasteiger charge is 2.45. The van der Waals surface area contributed by atoms with Crippen molar-refractivity contribution in [1.29, 1.82) is 0 Å². The van der Waals surface area contributed by atoms with Gasteiger partial charge in [-0.1, -0.05) is 12.8 Å². The summed E-state index contributed by atoms with van der Waals surface area (Å²) in [6.45, 7) is 0.770. The first-order chi connectivity index (χ1) is 10.1. The van der Waals surface area contributed by atoms with Gasteiger partial charge in [-0.3, -0.25) is 4.79 Å². The molecule has 1 amide bonds. The van der Waals surface area contributed by atoms with Gasteiger partial charge >= 0.3 is 5.97 Å². The van der Waals surface area contributed by atoms with E-state index in [1.807, 2.05) is 0 Å². The van der Waals surface area contributed by atoms with Gasteiger partial charge in [-0.2, -0.15) is 0 Å². The van der Waals surface area contributed by atoms with Crippen LogP contribution in [0.5, 0.6) is 0 Å². The second-order valence-corrected chi connectivity index (χ2v) is 6.59. The Morgan fingerprint density at radius 3 is 2.57 bits per heavy atom. The van der Waals surface area contributed by atoms with Crippen LogP contribution in [0.2, 0.25) is 0 Å². The third-order valence-electron chi connectivity index (χ3n) is 5.30. The van der Waals surface area contributed by atoms with E-state index in [1.54, 1.807) is 0 Å². The van der Waals surface area contributed by atoms with E-state index in [-0.39, 0.29) is 11.9 Å². The normalized spacial score (nSPS) is 35.0. The molecule has 1 aliphatic carbocycles. The lowest BCUT2D eigenvalue weighted by Crippen LogP contribution is -2.60. The first-order valence-corrected chi connectivity index (χ1v) is 8.00. The average Bonchev–Trinajstić information content (AvgIpc) is 2.92. The minimum Gasteiger partial charge on any atom is -0.480 e. The summed E-state index contributed by atoms with van der Waals surface area (Å²) in [6, 6.07) is 0.196. The van der Waals surface area contributed by atoms with Crippen molar-refractivity contribution >= 4 is 11.9 Å². The van der Waals surface area contributed by atoms with E-state index in [0.717, 1.165) is 12.8 Å². The smallest absolute Gasteiger partial charge is 0.329 e. The Bertz CT molecular complexity index is 406. The fraction of sp³-hybridized carbons (Fsp3) is 0.867. The van der Waals surface area contributed by atoms with Gasteiger partial charge in [-0.15, -0.1) is 0 Å². The van der Waals surface area contributed by atoms with Crippen LogP contribution in [-0.4, -0.2) is 47.8 Å². The zero-order chi connectivity index (χ0) is 14.9. The molecule has 3 N–H and O–H groups in total. The monoisotopic (exact) mass is 296 g/mol. The molecule has 6 heteroatoms. The van der Waals surface area contributed by atoms with Crippen LogP contribution in [0.4, 0.5) is 0 Å². The Morgan fingerprint density at radius 2 is 1.90 bits per heavy atom. The molecule has 1 saturated carbocycles. The zero-order valence-corrected chi connectivity index (χ0v) is 12.3. The van der Waals surface area contributed by atoms with E-state index >= 15 is 0 Å². The minimum atomic E-state index is -1.15. The lowest BCUT2D eigenvalue weighted by Gasteiger charge is -2.34. The van der Waals surface area contributed by atoms with Gasteiger partial charge in [0.1, 0.15) is 5.54 Å². The molecule has 21 heavy (non-hydrogen) atoms. The topological polar surface area (TPSA) is 87.7 Å². The molecule has 0 aromatic rings. The van der Waals surface area contributed by atoms with Crippen molar-refractivity contribution in [3.8, 4) is 0 Å². The molecule has 3 fully saturated rings. The number of aliphatic carboxylic acids is 1. The lowest BCUT2D eigenvalue weighted by molar-refractivity contribution is -0.152. The number of carbonyl (C=O) groups is 2. The quantitative estimate of drug-likeness (QED) is 0.712. The number of carboxylic acids is 1. The van der Waals surface area contributed by atoms with Crippen molar-refractivity contribution in [3.05, 3.63) is 0 Å². The Hall–Kier alpha value is -1.14. The fourth-order valence-electron chi connectivity index (χ4n) is 3.96. The molecule has 3 unspecified atom stereocenters. The van der Waals surface area contributed by atoms with Gasteiger partial charge in [0.15, 0.2) is 0 Å². The van der Waals surface area contributed by atoms with E-state index in [1.165, 1.54) is 19.3 Å². The summed E-state index contributed by atoms with van der Waals surface area (Å²) < 4.78 is 5.23. The van der Waals surface area contributed by atoms with Gasteiger partial charge in [-0.05, 0) is 25.2 Å². The van der Waals surface area contributed by atoms with Crippen LogP contribution in [0.25, 0.3) is 0 Å². The Kier molecular flexibility index (Phi) is 4.17. The molecule has 2 aliphatic heterocycles. The molecule has 2 heterocycles. The van der Waals surface area contributed by atoms with E-state index in [0.29, 0.717) is 38.0 Å². The Morgan fingerprint density at radius 1 is 1.19 bits per heavy atom. The van der Waals surface area contributed by atoms with Crippen molar-refractivity contribution in [2.24, 2.45) is 5.92 Å². The molecule has 6 nitrogen and oxygen atoms in total. The first kappa shape index (κ1) is 14.8. The molecule has 3 aliphatic rings. The van der Waals surface area contributed by atoms with Crippen LogP contribution in [0.1, 0.15) is 44.9 Å². The van der Waals surface area contributed by atoms with Gasteiger partial charge in [0.05, 0.1) is 6.04 Å². The highest BCUT2D eigenvalue weighted by atomic mass is 16.5. The maximum Gasteiger partial charge on any atom is 0.329 e. The molecule has 2 saturated heterocycles. The largest absolute Gasteiger partial charge is 0.480 e. The first-order valence-electron chi connectivity index (χ1n) is 8.00. The Labute approximate surface area is 124 Å². The lowest BCUT2D eigenvalue weighted by atomic mass is 9.85. The van der Waals surface area contributed by atoms with Gasteiger partial charge in [-0.25, -0.2) is 4.79 Å². The van der Waals surface area contributed by atoms with Crippen molar-refractivity contribution in [2.75, 3.05) is 13.2 Å². The van der Waals surface area contributed by atoms with Crippen LogP contribution >= 0.6 is 0 Å². The number of rotatable bonds is 3. The SMILES string of the molecule is O=C(NC1(C(=O)O)CCOCC1)C1CC2CCCCC2N1. The van der Waals surface area contributed by atoms with Gasteiger partial charge in [0.25, 0.3) is 0 Å². The van der Waals surface area contributed by atoms with Crippen LogP contribution in [0, 0.1) is 5.92 Å². The van der Waals surface area contributed by atoms with Crippen molar-refractivity contribution in [1.82, 2.24) is 10.6 Å². The van der Waals surface area contributed by atoms with E-state index in [2.05, 4.69) is 10.6 Å². The summed E-state index contributed by atoms with van der Waals surface area (Å²) in [4.78, 5) is 24.1. The third-order valence-corrected chi connectivity index (χ3v) is 5.30. The second kappa shape index (κ2) is 5.93. The van der Waals surface area contributed by atoms with E-state index < -0.39 is 11.5 Å². The van der Waals surface area contributed by atoms with Gasteiger partial charge in [0.2, 0.25) is 5.91 Å². The molecule has 0 spiro atoms. The summed E-state index contributed by atoms with van der Waals surface area (Å²) in [5.74, 6) is -0.534. The molecule has 0 radical (unpaired) electrons. The number of carbonyl (C=O) groups excluding carboxylic acids is 1. The average molecular weight is 296 g/mol. The van der Waals surface area contributed by atoms with Crippen molar-refractivity contribution < 1.29 is 19.4 Å². The summed E-state index contributed by atoms with van der Waals surface area (Å²) in [7, 11) is 0. The summed E-state index contributed by atoms with van der Waals surface area (Å²) in [5.41, 5.74) is -1.15. The highest BCUT2D eigenvalue weighted by Crippen LogP contribution is 2.33. The van der Waals surface area contributed by atoms with Crippen LogP contribution in [-0.2, 0) is 14.3 Å². The number of hydrogen-bond acceptors (Lipinski definition) is 4. The maximum atomic E-state index is 12.5. The van der Waals surface area contributed by atoms with Crippen molar-refractivity contribution in [2.45, 2.75) is 62.6 Å². The Balaban J connectivity index is 1.63.